The number of carbonyl (C=O) groups is 1. The van der Waals surface area contributed by atoms with Gasteiger partial charge in [0.05, 0.1) is 17.1 Å². The number of ether oxygens (including phenoxy) is 1. The Labute approximate surface area is 165 Å². The fourth-order valence-corrected chi connectivity index (χ4v) is 4.15. The summed E-state index contributed by atoms with van der Waals surface area (Å²) < 4.78 is 32.8. The van der Waals surface area contributed by atoms with Gasteiger partial charge in [-0.1, -0.05) is 30.3 Å². The van der Waals surface area contributed by atoms with E-state index in [4.69, 9.17) is 4.74 Å². The lowest BCUT2D eigenvalue weighted by atomic mass is 9.95. The highest BCUT2D eigenvalue weighted by molar-refractivity contribution is 7.89. The van der Waals surface area contributed by atoms with Gasteiger partial charge in [0, 0.05) is 12.6 Å². The van der Waals surface area contributed by atoms with Gasteiger partial charge in [0.2, 0.25) is 10.0 Å². The lowest BCUT2D eigenvalue weighted by molar-refractivity contribution is 0.0526. The van der Waals surface area contributed by atoms with Crippen LogP contribution in [-0.4, -0.2) is 34.1 Å². The first kappa shape index (κ1) is 21.4. The van der Waals surface area contributed by atoms with Crippen LogP contribution in [-0.2, 0) is 21.2 Å². The molecule has 0 saturated carbocycles. The van der Waals surface area contributed by atoms with Crippen molar-refractivity contribution in [3.05, 3.63) is 65.2 Å². The molecule has 2 N–H and O–H groups in total. The Bertz CT molecular complexity index is 902. The molecule has 1 atom stereocenters. The molecule has 146 valence electrons. The second-order valence-electron chi connectivity index (χ2n) is 6.06. The first-order chi connectivity index (χ1) is 12.5. The number of carbonyl (C=O) groups excluding carboxylic acids is 1. The molecular formula is C19H23ClN2O4S. The van der Waals surface area contributed by atoms with Crippen LogP contribution in [0, 0.1) is 0 Å². The van der Waals surface area contributed by atoms with Gasteiger partial charge in [-0.2, -0.15) is 0 Å². The van der Waals surface area contributed by atoms with Gasteiger partial charge in [-0.3, -0.25) is 0 Å². The maximum absolute atomic E-state index is 12.6. The summed E-state index contributed by atoms with van der Waals surface area (Å²) in [6.07, 6.45) is 0.932. The van der Waals surface area contributed by atoms with E-state index in [1.54, 1.807) is 6.92 Å². The standard InChI is InChI=1S/C19H22N2O4S.ClH/c1-2-25-19(22)15-7-5-8-16(12-15)26(23,24)21-13-18-17-9-4-3-6-14(17)10-11-20-18;/h3-9,12,18,20-21H,2,10-11,13H2,1H3;1H. The number of halogens is 1. The third kappa shape index (κ3) is 5.07. The molecule has 6 nitrogen and oxygen atoms in total. The Morgan fingerprint density at radius 1 is 1.22 bits per heavy atom. The van der Waals surface area contributed by atoms with E-state index in [1.165, 1.54) is 29.8 Å². The fourth-order valence-electron chi connectivity index (χ4n) is 3.06. The number of sulfonamides is 1. The van der Waals surface area contributed by atoms with Crippen molar-refractivity contribution in [3.63, 3.8) is 0 Å². The zero-order chi connectivity index (χ0) is 18.6. The summed E-state index contributed by atoms with van der Waals surface area (Å²) in [5.74, 6) is -0.535. The normalized spacial score (nSPS) is 16.1. The monoisotopic (exact) mass is 410 g/mol. The molecule has 0 saturated heterocycles. The third-order valence-corrected chi connectivity index (χ3v) is 5.77. The Morgan fingerprint density at radius 2 is 2.00 bits per heavy atom. The molecule has 8 heteroatoms. The molecule has 0 bridgehead atoms. The Kier molecular flexibility index (Phi) is 7.38. The van der Waals surface area contributed by atoms with E-state index in [-0.39, 0.29) is 42.1 Å². The molecule has 0 aromatic heterocycles. The molecule has 0 aliphatic carbocycles. The average Bonchev–Trinajstić information content (AvgIpc) is 2.66. The van der Waals surface area contributed by atoms with E-state index in [9.17, 15) is 13.2 Å². The Hall–Kier alpha value is -1.93. The number of nitrogens with one attached hydrogen (secondary N) is 2. The van der Waals surface area contributed by atoms with E-state index >= 15 is 0 Å². The van der Waals surface area contributed by atoms with Crippen molar-refractivity contribution in [1.82, 2.24) is 10.0 Å². The maximum Gasteiger partial charge on any atom is 0.338 e. The first-order valence-corrected chi connectivity index (χ1v) is 10.1. The number of hydrogen-bond acceptors (Lipinski definition) is 5. The third-order valence-electron chi connectivity index (χ3n) is 4.35. The highest BCUT2D eigenvalue weighted by atomic mass is 35.5. The smallest absolute Gasteiger partial charge is 0.338 e. The molecule has 0 spiro atoms. The number of rotatable bonds is 6. The molecule has 0 amide bonds. The van der Waals surface area contributed by atoms with Crippen LogP contribution in [0.2, 0.25) is 0 Å². The van der Waals surface area contributed by atoms with Crippen LogP contribution in [0.25, 0.3) is 0 Å². The predicted molar refractivity (Wildman–Crippen MR) is 106 cm³/mol. The minimum atomic E-state index is -3.73. The Balaban J connectivity index is 0.00000261. The van der Waals surface area contributed by atoms with Crippen LogP contribution in [0.3, 0.4) is 0 Å². The van der Waals surface area contributed by atoms with Crippen LogP contribution in [0.5, 0.6) is 0 Å². The van der Waals surface area contributed by atoms with Crippen LogP contribution in [0.4, 0.5) is 0 Å². The summed E-state index contributed by atoms with van der Waals surface area (Å²) in [4.78, 5) is 11.9. The highest BCUT2D eigenvalue weighted by Crippen LogP contribution is 2.22. The number of benzene rings is 2. The lowest BCUT2D eigenvalue weighted by Gasteiger charge is -2.27. The van der Waals surface area contributed by atoms with Crippen LogP contribution in [0.15, 0.2) is 53.4 Å². The SMILES string of the molecule is CCOC(=O)c1cccc(S(=O)(=O)NCC2NCCc3ccccc32)c1.Cl. The van der Waals surface area contributed by atoms with Crippen molar-refractivity contribution in [1.29, 1.82) is 0 Å². The average molecular weight is 411 g/mol. The van der Waals surface area contributed by atoms with E-state index in [2.05, 4.69) is 16.1 Å². The quantitative estimate of drug-likeness (QED) is 0.714. The molecule has 0 fully saturated rings. The van der Waals surface area contributed by atoms with Crippen molar-refractivity contribution in [2.75, 3.05) is 19.7 Å². The van der Waals surface area contributed by atoms with Gasteiger partial charge in [0.1, 0.15) is 0 Å². The molecule has 1 aliphatic rings. The summed E-state index contributed by atoms with van der Waals surface area (Å²) >= 11 is 0. The molecule has 27 heavy (non-hydrogen) atoms. The second kappa shape index (κ2) is 9.32. The number of esters is 1. The van der Waals surface area contributed by atoms with Gasteiger partial charge >= 0.3 is 5.97 Å². The number of hydrogen-bond donors (Lipinski definition) is 2. The molecule has 2 aromatic rings. The van der Waals surface area contributed by atoms with Gasteiger partial charge in [0.15, 0.2) is 0 Å². The van der Waals surface area contributed by atoms with Gasteiger partial charge in [-0.05, 0) is 49.2 Å². The van der Waals surface area contributed by atoms with Crippen LogP contribution in [0.1, 0.15) is 34.5 Å². The van der Waals surface area contributed by atoms with E-state index < -0.39 is 16.0 Å². The van der Waals surface area contributed by atoms with Gasteiger partial charge in [0.25, 0.3) is 0 Å². The fraction of sp³-hybridized carbons (Fsp3) is 0.316. The summed E-state index contributed by atoms with van der Waals surface area (Å²) in [5.41, 5.74) is 2.57. The summed E-state index contributed by atoms with van der Waals surface area (Å²) in [7, 11) is -3.73. The summed E-state index contributed by atoms with van der Waals surface area (Å²) in [5, 5.41) is 3.34. The van der Waals surface area contributed by atoms with Gasteiger partial charge in [-0.15, -0.1) is 12.4 Å². The molecule has 1 aliphatic heterocycles. The Morgan fingerprint density at radius 3 is 2.78 bits per heavy atom. The largest absolute Gasteiger partial charge is 0.462 e. The van der Waals surface area contributed by atoms with Gasteiger partial charge in [-0.25, -0.2) is 17.9 Å². The van der Waals surface area contributed by atoms with E-state index in [0.717, 1.165) is 18.5 Å². The topological polar surface area (TPSA) is 84.5 Å². The highest BCUT2D eigenvalue weighted by Gasteiger charge is 2.22. The zero-order valence-electron chi connectivity index (χ0n) is 15.0. The van der Waals surface area contributed by atoms with Crippen molar-refractivity contribution in [2.24, 2.45) is 0 Å². The van der Waals surface area contributed by atoms with Crippen molar-refractivity contribution in [3.8, 4) is 0 Å². The van der Waals surface area contributed by atoms with Gasteiger partial charge < -0.3 is 10.1 Å². The number of fused-ring (bicyclic) bond motifs is 1. The van der Waals surface area contributed by atoms with E-state index in [0.29, 0.717) is 0 Å². The predicted octanol–water partition coefficient (Wildman–Crippen LogP) is 2.45. The summed E-state index contributed by atoms with van der Waals surface area (Å²) in [6, 6.07) is 13.8. The molecule has 1 heterocycles. The van der Waals surface area contributed by atoms with Crippen molar-refractivity contribution < 1.29 is 17.9 Å². The van der Waals surface area contributed by atoms with Crippen LogP contribution >= 0.6 is 12.4 Å². The second-order valence-corrected chi connectivity index (χ2v) is 7.82. The van der Waals surface area contributed by atoms with E-state index in [1.807, 2.05) is 18.2 Å². The van der Waals surface area contributed by atoms with Crippen molar-refractivity contribution >= 4 is 28.4 Å². The maximum atomic E-state index is 12.6. The molecule has 2 aromatic carbocycles. The minimum Gasteiger partial charge on any atom is -0.462 e. The zero-order valence-corrected chi connectivity index (χ0v) is 16.6. The molecule has 0 radical (unpaired) electrons. The first-order valence-electron chi connectivity index (χ1n) is 8.59. The van der Waals surface area contributed by atoms with Crippen LogP contribution < -0.4 is 10.0 Å². The minimum absolute atomic E-state index is 0. The summed E-state index contributed by atoms with van der Waals surface area (Å²) in [6.45, 7) is 2.99. The molecule has 1 unspecified atom stereocenters. The molecule has 3 rings (SSSR count). The molecular weight excluding hydrogens is 388 g/mol. The lowest BCUT2D eigenvalue weighted by Crippen LogP contribution is -2.38. The van der Waals surface area contributed by atoms with Crippen molar-refractivity contribution in [2.45, 2.75) is 24.3 Å².